The highest BCUT2D eigenvalue weighted by atomic mass is 35.5. The molecule has 0 aliphatic carbocycles. The van der Waals surface area contributed by atoms with Crippen LogP contribution in [0.15, 0.2) is 48.5 Å². The monoisotopic (exact) mass is 455 g/mol. The van der Waals surface area contributed by atoms with Gasteiger partial charge in [-0.2, -0.15) is 0 Å². The summed E-state index contributed by atoms with van der Waals surface area (Å²) < 4.78 is 30.7. The molecular weight excluding hydrogens is 430 g/mol. The van der Waals surface area contributed by atoms with E-state index in [2.05, 4.69) is 14.9 Å². The summed E-state index contributed by atoms with van der Waals surface area (Å²) in [4.78, 5) is 13.0. The third-order valence-electron chi connectivity index (χ3n) is 4.64. The van der Waals surface area contributed by atoms with Crippen molar-refractivity contribution in [2.75, 3.05) is 24.1 Å². The molecule has 8 nitrogen and oxygen atoms in total. The van der Waals surface area contributed by atoms with E-state index in [0.29, 0.717) is 17.2 Å². The molecular formula is C20H26ClN3O5S. The fourth-order valence-electron chi connectivity index (χ4n) is 3.27. The second-order valence-electron chi connectivity index (χ2n) is 7.14. The molecule has 1 fully saturated rings. The van der Waals surface area contributed by atoms with Crippen LogP contribution in [-0.4, -0.2) is 49.9 Å². The zero-order valence-corrected chi connectivity index (χ0v) is 18.2. The van der Waals surface area contributed by atoms with E-state index in [4.69, 9.17) is 9.84 Å². The van der Waals surface area contributed by atoms with E-state index < -0.39 is 16.1 Å². The SMILES string of the molecule is CS(=O)(=O)Nc1ccc(Oc2ccc(CN3CCC(NC(=O)O)CC3)cc2)cc1.Cl. The first-order chi connectivity index (χ1) is 13.8. The maximum Gasteiger partial charge on any atom is 0.404 e. The van der Waals surface area contributed by atoms with E-state index in [1.165, 1.54) is 0 Å². The van der Waals surface area contributed by atoms with Crippen molar-refractivity contribution < 1.29 is 23.1 Å². The summed E-state index contributed by atoms with van der Waals surface area (Å²) >= 11 is 0. The minimum absolute atomic E-state index is 0. The average molecular weight is 456 g/mol. The number of nitrogens with zero attached hydrogens (tertiary/aromatic N) is 1. The molecule has 1 amide bonds. The molecule has 30 heavy (non-hydrogen) atoms. The van der Waals surface area contributed by atoms with Gasteiger partial charge in [-0.1, -0.05) is 12.1 Å². The highest BCUT2D eigenvalue weighted by Gasteiger charge is 2.20. The molecule has 10 heteroatoms. The number of hydrogen-bond donors (Lipinski definition) is 3. The van der Waals surface area contributed by atoms with Crippen LogP contribution in [0.25, 0.3) is 0 Å². The highest BCUT2D eigenvalue weighted by molar-refractivity contribution is 7.92. The molecule has 1 aliphatic heterocycles. The van der Waals surface area contributed by atoms with Crippen molar-refractivity contribution in [3.8, 4) is 11.5 Å². The van der Waals surface area contributed by atoms with Gasteiger partial charge < -0.3 is 15.2 Å². The summed E-state index contributed by atoms with van der Waals surface area (Å²) in [5, 5.41) is 11.3. The number of ether oxygens (including phenoxy) is 1. The van der Waals surface area contributed by atoms with Crippen molar-refractivity contribution in [1.29, 1.82) is 0 Å². The first kappa shape index (κ1) is 23.8. The van der Waals surface area contributed by atoms with Crippen LogP contribution < -0.4 is 14.8 Å². The molecule has 0 spiro atoms. The molecule has 2 aromatic rings. The summed E-state index contributed by atoms with van der Waals surface area (Å²) in [6.45, 7) is 2.53. The Morgan fingerprint density at radius 3 is 2.10 bits per heavy atom. The minimum Gasteiger partial charge on any atom is -0.465 e. The molecule has 0 saturated carbocycles. The number of nitrogens with one attached hydrogen (secondary N) is 2. The second-order valence-corrected chi connectivity index (χ2v) is 8.89. The summed E-state index contributed by atoms with van der Waals surface area (Å²) in [7, 11) is -3.30. The van der Waals surface area contributed by atoms with Gasteiger partial charge in [-0.05, 0) is 54.8 Å². The summed E-state index contributed by atoms with van der Waals surface area (Å²) in [5.74, 6) is 1.31. The van der Waals surface area contributed by atoms with Crippen LogP contribution in [0.2, 0.25) is 0 Å². The molecule has 164 valence electrons. The molecule has 0 aromatic heterocycles. The lowest BCUT2D eigenvalue weighted by Gasteiger charge is -2.31. The average Bonchev–Trinajstić information content (AvgIpc) is 2.65. The van der Waals surface area contributed by atoms with Crippen molar-refractivity contribution in [3.05, 3.63) is 54.1 Å². The number of halogens is 1. The number of carbonyl (C=O) groups is 1. The van der Waals surface area contributed by atoms with Gasteiger partial charge in [-0.3, -0.25) is 9.62 Å². The number of anilines is 1. The van der Waals surface area contributed by atoms with Crippen LogP contribution in [0.1, 0.15) is 18.4 Å². The van der Waals surface area contributed by atoms with Gasteiger partial charge in [0.1, 0.15) is 11.5 Å². The quantitative estimate of drug-likeness (QED) is 0.589. The lowest BCUT2D eigenvalue weighted by atomic mass is 10.0. The van der Waals surface area contributed by atoms with Crippen LogP contribution in [0.4, 0.5) is 10.5 Å². The molecule has 1 aliphatic rings. The van der Waals surface area contributed by atoms with Gasteiger partial charge in [-0.25, -0.2) is 13.2 Å². The van der Waals surface area contributed by atoms with Crippen LogP contribution >= 0.6 is 12.4 Å². The number of carboxylic acid groups (broad SMARTS) is 1. The van der Waals surface area contributed by atoms with Crippen LogP contribution in [-0.2, 0) is 16.6 Å². The zero-order valence-electron chi connectivity index (χ0n) is 16.6. The van der Waals surface area contributed by atoms with E-state index in [9.17, 15) is 13.2 Å². The normalized spacial score (nSPS) is 15.1. The number of sulfonamides is 1. The third kappa shape index (κ3) is 7.74. The molecule has 1 heterocycles. The van der Waals surface area contributed by atoms with Crippen molar-refractivity contribution in [3.63, 3.8) is 0 Å². The Hall–Kier alpha value is -2.49. The van der Waals surface area contributed by atoms with Gasteiger partial charge in [0.25, 0.3) is 0 Å². The largest absolute Gasteiger partial charge is 0.465 e. The molecule has 3 N–H and O–H groups in total. The van der Waals surface area contributed by atoms with Gasteiger partial charge in [0.15, 0.2) is 0 Å². The predicted octanol–water partition coefficient (Wildman–Crippen LogP) is 3.50. The summed E-state index contributed by atoms with van der Waals surface area (Å²) in [6.07, 6.45) is 1.78. The van der Waals surface area contributed by atoms with E-state index in [1.54, 1.807) is 24.3 Å². The maximum atomic E-state index is 11.2. The topological polar surface area (TPSA) is 108 Å². The van der Waals surface area contributed by atoms with Gasteiger partial charge in [0.05, 0.1) is 6.26 Å². The van der Waals surface area contributed by atoms with Gasteiger partial charge in [0, 0.05) is 31.4 Å². The van der Waals surface area contributed by atoms with E-state index in [-0.39, 0.29) is 18.4 Å². The summed E-state index contributed by atoms with van der Waals surface area (Å²) in [6, 6.07) is 14.6. The van der Waals surface area contributed by atoms with E-state index in [0.717, 1.165) is 44.3 Å². The molecule has 0 radical (unpaired) electrons. The first-order valence-electron chi connectivity index (χ1n) is 9.33. The van der Waals surface area contributed by atoms with Crippen molar-refractivity contribution in [2.45, 2.75) is 25.4 Å². The van der Waals surface area contributed by atoms with Crippen LogP contribution in [0, 0.1) is 0 Å². The number of likely N-dealkylation sites (tertiary alicyclic amines) is 1. The van der Waals surface area contributed by atoms with E-state index in [1.807, 2.05) is 24.3 Å². The number of piperidine rings is 1. The smallest absolute Gasteiger partial charge is 0.404 e. The molecule has 1 saturated heterocycles. The Labute approximate surface area is 182 Å². The second kappa shape index (κ2) is 10.5. The van der Waals surface area contributed by atoms with Crippen molar-refractivity contribution >= 4 is 34.2 Å². The van der Waals surface area contributed by atoms with Crippen molar-refractivity contribution in [2.24, 2.45) is 0 Å². The fraction of sp³-hybridized carbons (Fsp3) is 0.350. The molecule has 0 atom stereocenters. The molecule has 0 bridgehead atoms. The van der Waals surface area contributed by atoms with Gasteiger partial charge >= 0.3 is 6.09 Å². The lowest BCUT2D eigenvalue weighted by Crippen LogP contribution is -2.43. The Kier molecular flexibility index (Phi) is 8.33. The predicted molar refractivity (Wildman–Crippen MR) is 118 cm³/mol. The Bertz CT molecular complexity index is 928. The van der Waals surface area contributed by atoms with Gasteiger partial charge in [0.2, 0.25) is 10.0 Å². The molecule has 0 unspecified atom stereocenters. The van der Waals surface area contributed by atoms with E-state index >= 15 is 0 Å². The first-order valence-corrected chi connectivity index (χ1v) is 11.2. The zero-order chi connectivity index (χ0) is 20.9. The lowest BCUT2D eigenvalue weighted by molar-refractivity contribution is 0.165. The Morgan fingerprint density at radius 1 is 1.07 bits per heavy atom. The number of rotatable bonds is 7. The minimum atomic E-state index is -3.30. The van der Waals surface area contributed by atoms with Gasteiger partial charge in [-0.15, -0.1) is 12.4 Å². The van der Waals surface area contributed by atoms with Crippen LogP contribution in [0.5, 0.6) is 11.5 Å². The fourth-order valence-corrected chi connectivity index (χ4v) is 3.84. The van der Waals surface area contributed by atoms with Crippen molar-refractivity contribution in [1.82, 2.24) is 10.2 Å². The molecule has 2 aromatic carbocycles. The Balaban J connectivity index is 0.00000320. The number of benzene rings is 2. The number of amides is 1. The number of hydrogen-bond acceptors (Lipinski definition) is 5. The Morgan fingerprint density at radius 2 is 1.60 bits per heavy atom. The summed E-state index contributed by atoms with van der Waals surface area (Å²) in [5.41, 5.74) is 1.65. The molecule has 3 rings (SSSR count). The highest BCUT2D eigenvalue weighted by Crippen LogP contribution is 2.24. The standard InChI is InChI=1S/C20H25N3O5S.ClH/c1-29(26,27)22-17-4-8-19(9-5-17)28-18-6-2-15(3-7-18)14-23-12-10-16(11-13-23)21-20(24)25;/h2-9,16,21-22H,10-14H2,1H3,(H,24,25);1H. The maximum absolute atomic E-state index is 11.2. The third-order valence-corrected chi connectivity index (χ3v) is 5.24. The van der Waals surface area contributed by atoms with Crippen LogP contribution in [0.3, 0.4) is 0 Å².